The van der Waals surface area contributed by atoms with Crippen molar-refractivity contribution in [3.05, 3.63) is 0 Å². The molecule has 13 heavy (non-hydrogen) atoms. The van der Waals surface area contributed by atoms with E-state index < -0.39 is 0 Å². The van der Waals surface area contributed by atoms with Gasteiger partial charge >= 0.3 is 0 Å². The van der Waals surface area contributed by atoms with Crippen LogP contribution in [-0.4, -0.2) is 23.4 Å². The van der Waals surface area contributed by atoms with Gasteiger partial charge in [-0.05, 0) is 25.7 Å². The molecule has 3 heteroatoms. The zero-order valence-electron chi connectivity index (χ0n) is 8.37. The van der Waals surface area contributed by atoms with E-state index in [1.807, 2.05) is 0 Å². The van der Waals surface area contributed by atoms with Crippen LogP contribution in [0.1, 0.15) is 33.6 Å². The van der Waals surface area contributed by atoms with E-state index in [2.05, 4.69) is 20.8 Å². The fourth-order valence-electron chi connectivity index (χ4n) is 2.74. The fraction of sp³-hybridized carbons (Fsp3) is 1.00. The Morgan fingerprint density at radius 2 is 1.92 bits per heavy atom. The topological polar surface area (TPSA) is 31.0 Å². The third kappa shape index (κ3) is 0.808. The normalized spacial score (nSPS) is 58.2. The molecule has 0 aromatic carbocycles. The van der Waals surface area contributed by atoms with Gasteiger partial charge in [0.2, 0.25) is 0 Å². The van der Waals surface area contributed by atoms with E-state index in [4.69, 9.17) is 14.5 Å². The smallest absolute Gasteiger partial charge is 0.135 e. The van der Waals surface area contributed by atoms with Gasteiger partial charge in [-0.2, -0.15) is 0 Å². The molecule has 0 amide bonds. The Morgan fingerprint density at radius 3 is 2.46 bits per heavy atom. The van der Waals surface area contributed by atoms with Crippen molar-refractivity contribution in [3.63, 3.8) is 0 Å². The second kappa shape index (κ2) is 2.10. The Kier molecular flexibility index (Phi) is 1.33. The molecule has 4 rings (SSSR count). The van der Waals surface area contributed by atoms with Gasteiger partial charge in [-0.3, -0.25) is 0 Å². The summed E-state index contributed by atoms with van der Waals surface area (Å²) in [6.45, 7) is 6.44. The molecule has 0 unspecified atom stereocenters. The molecule has 4 fully saturated rings. The second-order valence-electron chi connectivity index (χ2n) is 5.07. The van der Waals surface area contributed by atoms with Crippen LogP contribution >= 0.6 is 0 Å². The van der Waals surface area contributed by atoms with E-state index in [9.17, 15) is 0 Å². The van der Waals surface area contributed by atoms with E-state index >= 15 is 0 Å². The van der Waals surface area contributed by atoms with Gasteiger partial charge in [0.15, 0.2) is 0 Å². The van der Waals surface area contributed by atoms with Gasteiger partial charge in [0.25, 0.3) is 0 Å². The van der Waals surface area contributed by atoms with Crippen LogP contribution in [0.5, 0.6) is 0 Å². The third-order valence-corrected chi connectivity index (χ3v) is 3.95. The molecule has 1 aliphatic carbocycles. The largest absolute Gasteiger partial charge is 0.363 e. The van der Waals surface area contributed by atoms with Crippen molar-refractivity contribution in [2.24, 2.45) is 5.92 Å². The Hall–Kier alpha value is -0.120. The molecule has 0 N–H and O–H groups in total. The second-order valence-corrected chi connectivity index (χ2v) is 5.07. The SMILES string of the molecule is CC(C)[C@@]12CC[C@@](C)(OO1)[C@@H]1O[C@@H]12. The maximum atomic E-state index is 5.68. The average molecular weight is 184 g/mol. The van der Waals surface area contributed by atoms with Crippen LogP contribution < -0.4 is 0 Å². The van der Waals surface area contributed by atoms with E-state index in [0.717, 1.165) is 12.8 Å². The summed E-state index contributed by atoms with van der Waals surface area (Å²) >= 11 is 0. The first-order valence-electron chi connectivity index (χ1n) is 5.11. The zero-order chi connectivity index (χ0) is 9.27. The molecule has 0 spiro atoms. The van der Waals surface area contributed by atoms with E-state index in [-0.39, 0.29) is 17.3 Å². The van der Waals surface area contributed by atoms with Crippen molar-refractivity contribution in [2.75, 3.05) is 0 Å². The summed E-state index contributed by atoms with van der Waals surface area (Å²) < 4.78 is 5.68. The lowest BCUT2D eigenvalue weighted by molar-refractivity contribution is -0.460. The van der Waals surface area contributed by atoms with Crippen LogP contribution in [0.3, 0.4) is 0 Å². The lowest BCUT2D eigenvalue weighted by atomic mass is 9.71. The Balaban J connectivity index is 1.95. The number of ether oxygens (including phenoxy) is 1. The van der Waals surface area contributed by atoms with Crippen LogP contribution in [-0.2, 0) is 14.5 Å². The Labute approximate surface area is 78.3 Å². The quantitative estimate of drug-likeness (QED) is 0.458. The molecule has 3 nitrogen and oxygen atoms in total. The molecule has 0 aromatic rings. The monoisotopic (exact) mass is 184 g/mol. The van der Waals surface area contributed by atoms with Crippen molar-refractivity contribution in [3.8, 4) is 0 Å². The Morgan fingerprint density at radius 1 is 1.15 bits per heavy atom. The first-order chi connectivity index (χ1) is 6.08. The fourth-order valence-corrected chi connectivity index (χ4v) is 2.74. The summed E-state index contributed by atoms with van der Waals surface area (Å²) in [4.78, 5) is 11.0. The molecule has 4 atom stereocenters. The number of fused-ring (bicyclic) bond motifs is 2. The summed E-state index contributed by atoms with van der Waals surface area (Å²) in [6.07, 6.45) is 2.71. The first-order valence-corrected chi connectivity index (χ1v) is 5.11. The molecule has 0 radical (unpaired) electrons. The summed E-state index contributed by atoms with van der Waals surface area (Å²) in [7, 11) is 0. The number of rotatable bonds is 1. The van der Waals surface area contributed by atoms with Crippen molar-refractivity contribution in [2.45, 2.75) is 57.0 Å². The number of hydrogen-bond acceptors (Lipinski definition) is 3. The molecule has 3 aliphatic heterocycles. The molecule has 74 valence electrons. The average Bonchev–Trinajstić information content (AvgIpc) is 2.85. The minimum Gasteiger partial charge on any atom is -0.363 e. The van der Waals surface area contributed by atoms with Crippen LogP contribution in [0.25, 0.3) is 0 Å². The van der Waals surface area contributed by atoms with Crippen molar-refractivity contribution < 1.29 is 14.5 Å². The maximum Gasteiger partial charge on any atom is 0.135 e. The summed E-state index contributed by atoms with van der Waals surface area (Å²) in [5, 5.41) is 0. The first kappa shape index (κ1) is 8.21. The third-order valence-electron chi connectivity index (χ3n) is 3.95. The van der Waals surface area contributed by atoms with Crippen molar-refractivity contribution in [1.82, 2.24) is 0 Å². The lowest BCUT2D eigenvalue weighted by Gasteiger charge is -2.48. The van der Waals surface area contributed by atoms with Crippen molar-refractivity contribution in [1.29, 1.82) is 0 Å². The van der Waals surface area contributed by atoms with Gasteiger partial charge in [0.1, 0.15) is 23.4 Å². The van der Waals surface area contributed by atoms with E-state index in [1.54, 1.807) is 0 Å². The maximum absolute atomic E-state index is 5.68. The molecular weight excluding hydrogens is 168 g/mol. The number of epoxide rings is 1. The van der Waals surface area contributed by atoms with Gasteiger partial charge in [0, 0.05) is 0 Å². The van der Waals surface area contributed by atoms with Gasteiger partial charge < -0.3 is 4.74 Å². The predicted octanol–water partition coefficient (Wildman–Crippen LogP) is 1.66. The van der Waals surface area contributed by atoms with Gasteiger partial charge in [-0.15, -0.1) is 0 Å². The number of hydrogen-bond donors (Lipinski definition) is 0. The molecule has 3 heterocycles. The van der Waals surface area contributed by atoms with Crippen LogP contribution in [0.2, 0.25) is 0 Å². The molecule has 0 aromatic heterocycles. The van der Waals surface area contributed by atoms with E-state index in [0.29, 0.717) is 12.0 Å². The standard InChI is InChI=1S/C10H16O3/c1-6(2)10-5-4-9(3,12-13-10)7-8(10)11-7/h6-8H,4-5H2,1-3H3/t7-,8+,9-,10-/m1/s1. The van der Waals surface area contributed by atoms with Crippen molar-refractivity contribution >= 4 is 0 Å². The van der Waals surface area contributed by atoms with Crippen LogP contribution in [0.15, 0.2) is 0 Å². The summed E-state index contributed by atoms with van der Waals surface area (Å²) in [5.41, 5.74) is -0.316. The molecule has 3 saturated heterocycles. The highest BCUT2D eigenvalue weighted by Gasteiger charge is 2.72. The lowest BCUT2D eigenvalue weighted by Crippen LogP contribution is -2.60. The van der Waals surface area contributed by atoms with E-state index in [1.165, 1.54) is 0 Å². The molecule has 1 saturated carbocycles. The zero-order valence-corrected chi connectivity index (χ0v) is 8.37. The highest BCUT2D eigenvalue weighted by Crippen LogP contribution is 2.58. The van der Waals surface area contributed by atoms with Gasteiger partial charge in [-0.25, -0.2) is 9.78 Å². The molecule has 4 aliphatic rings. The predicted molar refractivity (Wildman–Crippen MR) is 46.0 cm³/mol. The highest BCUT2D eigenvalue weighted by molar-refractivity contribution is 5.17. The molecular formula is C10H16O3. The van der Waals surface area contributed by atoms with Crippen LogP contribution in [0, 0.1) is 5.92 Å². The molecule has 2 bridgehead atoms. The van der Waals surface area contributed by atoms with Gasteiger partial charge in [-0.1, -0.05) is 13.8 Å². The summed E-state index contributed by atoms with van der Waals surface area (Å²) in [5.74, 6) is 0.465. The van der Waals surface area contributed by atoms with Gasteiger partial charge in [0.05, 0.1) is 0 Å². The highest BCUT2D eigenvalue weighted by atomic mass is 17.2. The minimum atomic E-state index is -0.165. The summed E-state index contributed by atoms with van der Waals surface area (Å²) in [6, 6.07) is 0. The minimum absolute atomic E-state index is 0.150. The van der Waals surface area contributed by atoms with Crippen LogP contribution in [0.4, 0.5) is 0 Å². The Bertz CT molecular complexity index is 241.